The van der Waals surface area contributed by atoms with Crippen molar-refractivity contribution in [3.8, 4) is 5.75 Å². The highest BCUT2D eigenvalue weighted by Crippen LogP contribution is 2.23. The monoisotopic (exact) mass is 293 g/mol. The van der Waals surface area contributed by atoms with Gasteiger partial charge in [-0.05, 0) is 19.1 Å². The van der Waals surface area contributed by atoms with Crippen molar-refractivity contribution >= 4 is 28.1 Å². The minimum Gasteiger partial charge on any atom is -0.484 e. The summed E-state index contributed by atoms with van der Waals surface area (Å²) in [5.41, 5.74) is 0.498. The first kappa shape index (κ1) is 13.9. The predicted octanol–water partition coefficient (Wildman–Crippen LogP) is 2.38. The summed E-state index contributed by atoms with van der Waals surface area (Å²) < 4.78 is 5.27. The molecule has 0 spiro atoms. The molecule has 8 heteroatoms. The Balaban J connectivity index is 1.92. The minimum absolute atomic E-state index is 0.0181. The molecular formula is C12H11N3O4S. The van der Waals surface area contributed by atoms with Crippen LogP contribution in [0, 0.1) is 17.0 Å². The van der Waals surface area contributed by atoms with Gasteiger partial charge in [-0.25, -0.2) is 4.98 Å². The van der Waals surface area contributed by atoms with E-state index in [0.29, 0.717) is 16.4 Å². The molecule has 1 N–H and O–H groups in total. The van der Waals surface area contributed by atoms with E-state index in [4.69, 9.17) is 4.74 Å². The SMILES string of the molecule is Cc1cc(OCC(=O)Nc2nccs2)ccc1[N+](=O)[O-]. The van der Waals surface area contributed by atoms with Gasteiger partial charge in [-0.15, -0.1) is 11.3 Å². The lowest BCUT2D eigenvalue weighted by atomic mass is 10.2. The molecule has 20 heavy (non-hydrogen) atoms. The Bertz CT molecular complexity index is 628. The fourth-order valence-electron chi connectivity index (χ4n) is 1.51. The van der Waals surface area contributed by atoms with Gasteiger partial charge < -0.3 is 4.74 Å². The average molecular weight is 293 g/mol. The van der Waals surface area contributed by atoms with Gasteiger partial charge in [0.1, 0.15) is 5.75 Å². The Labute approximate surface area is 118 Å². The summed E-state index contributed by atoms with van der Waals surface area (Å²) in [4.78, 5) is 25.7. The van der Waals surface area contributed by atoms with Crippen LogP contribution >= 0.6 is 11.3 Å². The van der Waals surface area contributed by atoms with Crippen molar-refractivity contribution in [3.63, 3.8) is 0 Å². The van der Waals surface area contributed by atoms with E-state index in [-0.39, 0.29) is 18.2 Å². The molecule has 1 aromatic carbocycles. The number of nitro groups is 1. The summed E-state index contributed by atoms with van der Waals surface area (Å²) >= 11 is 1.31. The molecule has 2 aromatic rings. The van der Waals surface area contributed by atoms with E-state index in [1.807, 2.05) is 0 Å². The smallest absolute Gasteiger partial charge is 0.272 e. The highest BCUT2D eigenvalue weighted by atomic mass is 32.1. The van der Waals surface area contributed by atoms with Crippen molar-refractivity contribution in [3.05, 3.63) is 45.5 Å². The molecular weight excluding hydrogens is 282 g/mol. The Morgan fingerprint density at radius 3 is 2.95 bits per heavy atom. The quantitative estimate of drug-likeness (QED) is 0.674. The molecule has 0 bridgehead atoms. The van der Waals surface area contributed by atoms with E-state index < -0.39 is 4.92 Å². The van der Waals surface area contributed by atoms with Gasteiger partial charge in [0.15, 0.2) is 11.7 Å². The normalized spacial score (nSPS) is 10.1. The van der Waals surface area contributed by atoms with Gasteiger partial charge in [0.25, 0.3) is 11.6 Å². The van der Waals surface area contributed by atoms with Crippen LogP contribution in [0.3, 0.4) is 0 Å². The fourth-order valence-corrected chi connectivity index (χ4v) is 2.06. The molecule has 1 heterocycles. The zero-order valence-corrected chi connectivity index (χ0v) is 11.3. The summed E-state index contributed by atoms with van der Waals surface area (Å²) in [5.74, 6) is 0.0679. The topological polar surface area (TPSA) is 94.4 Å². The fraction of sp³-hybridized carbons (Fsp3) is 0.167. The maximum Gasteiger partial charge on any atom is 0.272 e. The summed E-state index contributed by atoms with van der Waals surface area (Å²) in [6.45, 7) is 1.43. The third kappa shape index (κ3) is 3.51. The van der Waals surface area contributed by atoms with E-state index in [9.17, 15) is 14.9 Å². The summed E-state index contributed by atoms with van der Waals surface area (Å²) in [5, 5.41) is 15.5. The van der Waals surface area contributed by atoms with Gasteiger partial charge in [0.05, 0.1) is 4.92 Å². The minimum atomic E-state index is -0.464. The van der Waals surface area contributed by atoms with Gasteiger partial charge in [0, 0.05) is 23.2 Å². The van der Waals surface area contributed by atoms with Crippen LogP contribution in [-0.4, -0.2) is 22.4 Å². The standard InChI is InChI=1S/C12H11N3O4S/c1-8-6-9(2-3-10(8)15(17)18)19-7-11(16)14-12-13-4-5-20-12/h2-6H,7H2,1H3,(H,13,14,16). The van der Waals surface area contributed by atoms with E-state index in [1.165, 1.54) is 29.5 Å². The molecule has 7 nitrogen and oxygen atoms in total. The second-order valence-electron chi connectivity index (χ2n) is 3.88. The van der Waals surface area contributed by atoms with Gasteiger partial charge in [-0.3, -0.25) is 20.2 Å². The number of amides is 1. The molecule has 0 unspecified atom stereocenters. The number of nitrogens with one attached hydrogen (secondary N) is 1. The molecule has 1 aromatic heterocycles. The van der Waals surface area contributed by atoms with E-state index in [2.05, 4.69) is 10.3 Å². The van der Waals surface area contributed by atoms with Crippen LogP contribution in [0.4, 0.5) is 10.8 Å². The van der Waals surface area contributed by atoms with Crippen LogP contribution in [0.15, 0.2) is 29.8 Å². The van der Waals surface area contributed by atoms with Crippen molar-refractivity contribution in [1.29, 1.82) is 0 Å². The lowest BCUT2D eigenvalue weighted by Crippen LogP contribution is -2.20. The molecule has 0 aliphatic heterocycles. The predicted molar refractivity (Wildman–Crippen MR) is 74.1 cm³/mol. The number of benzene rings is 1. The van der Waals surface area contributed by atoms with Crippen LogP contribution in [0.25, 0.3) is 0 Å². The number of rotatable bonds is 5. The van der Waals surface area contributed by atoms with Gasteiger partial charge >= 0.3 is 0 Å². The number of nitro benzene ring substituents is 1. The second-order valence-corrected chi connectivity index (χ2v) is 4.77. The number of hydrogen-bond acceptors (Lipinski definition) is 6. The Morgan fingerprint density at radius 2 is 2.35 bits per heavy atom. The third-order valence-corrected chi connectivity index (χ3v) is 3.10. The number of carbonyl (C=O) groups excluding carboxylic acids is 1. The summed E-state index contributed by atoms with van der Waals surface area (Å²) in [6, 6.07) is 4.33. The zero-order chi connectivity index (χ0) is 14.5. The first-order valence-corrected chi connectivity index (χ1v) is 6.51. The Morgan fingerprint density at radius 1 is 1.55 bits per heavy atom. The lowest BCUT2D eigenvalue weighted by Gasteiger charge is -2.06. The molecule has 0 saturated heterocycles. The number of aromatic nitrogens is 1. The van der Waals surface area contributed by atoms with Crippen molar-refractivity contribution in [2.45, 2.75) is 6.92 Å². The summed E-state index contributed by atoms with van der Waals surface area (Å²) in [6.07, 6.45) is 1.58. The first-order chi connectivity index (χ1) is 9.56. The number of aryl methyl sites for hydroxylation is 1. The molecule has 0 saturated carbocycles. The van der Waals surface area contributed by atoms with Crippen LogP contribution in [-0.2, 0) is 4.79 Å². The van der Waals surface area contributed by atoms with Crippen LogP contribution in [0.5, 0.6) is 5.75 Å². The van der Waals surface area contributed by atoms with E-state index in [1.54, 1.807) is 18.5 Å². The maximum absolute atomic E-state index is 11.6. The second kappa shape index (κ2) is 6.11. The summed E-state index contributed by atoms with van der Waals surface area (Å²) in [7, 11) is 0. The number of ether oxygens (including phenoxy) is 1. The highest BCUT2D eigenvalue weighted by molar-refractivity contribution is 7.13. The number of nitrogens with zero attached hydrogens (tertiary/aromatic N) is 2. The maximum atomic E-state index is 11.6. The largest absolute Gasteiger partial charge is 0.484 e. The number of thiazole rings is 1. The molecule has 2 rings (SSSR count). The van der Waals surface area contributed by atoms with Crippen LogP contribution in [0.2, 0.25) is 0 Å². The third-order valence-electron chi connectivity index (χ3n) is 2.41. The Kier molecular flexibility index (Phi) is 4.26. The number of hydrogen-bond donors (Lipinski definition) is 1. The van der Waals surface area contributed by atoms with Crippen LogP contribution < -0.4 is 10.1 Å². The molecule has 0 aliphatic carbocycles. The highest BCUT2D eigenvalue weighted by Gasteiger charge is 2.11. The molecule has 0 atom stereocenters. The number of anilines is 1. The Hall–Kier alpha value is -2.48. The average Bonchev–Trinajstić information content (AvgIpc) is 2.89. The number of carbonyl (C=O) groups is 1. The molecule has 0 radical (unpaired) electrons. The lowest BCUT2D eigenvalue weighted by molar-refractivity contribution is -0.385. The molecule has 0 fully saturated rings. The van der Waals surface area contributed by atoms with E-state index in [0.717, 1.165) is 0 Å². The van der Waals surface area contributed by atoms with Crippen LogP contribution in [0.1, 0.15) is 5.56 Å². The zero-order valence-electron chi connectivity index (χ0n) is 10.5. The van der Waals surface area contributed by atoms with Crippen molar-refractivity contribution < 1.29 is 14.5 Å². The van der Waals surface area contributed by atoms with Gasteiger partial charge in [0.2, 0.25) is 0 Å². The molecule has 1 amide bonds. The van der Waals surface area contributed by atoms with Gasteiger partial charge in [-0.2, -0.15) is 0 Å². The molecule has 0 aliphatic rings. The van der Waals surface area contributed by atoms with Crippen molar-refractivity contribution in [1.82, 2.24) is 4.98 Å². The van der Waals surface area contributed by atoms with Gasteiger partial charge in [-0.1, -0.05) is 0 Å². The van der Waals surface area contributed by atoms with E-state index >= 15 is 0 Å². The van der Waals surface area contributed by atoms with Crippen molar-refractivity contribution in [2.24, 2.45) is 0 Å². The first-order valence-electron chi connectivity index (χ1n) is 5.63. The van der Waals surface area contributed by atoms with Crippen molar-refractivity contribution in [2.75, 3.05) is 11.9 Å². The molecule has 104 valence electrons.